The average molecular weight is 426 g/mol. The van der Waals surface area contributed by atoms with Crippen molar-refractivity contribution in [1.82, 2.24) is 4.90 Å². The van der Waals surface area contributed by atoms with E-state index in [-0.39, 0.29) is 5.78 Å². The molecule has 1 heterocycles. The van der Waals surface area contributed by atoms with Gasteiger partial charge in [0.1, 0.15) is 0 Å². The van der Waals surface area contributed by atoms with Gasteiger partial charge in [-0.05, 0) is 54.2 Å². The lowest BCUT2D eigenvalue weighted by molar-refractivity contribution is 0.0271. The number of ketones is 1. The summed E-state index contributed by atoms with van der Waals surface area (Å²) in [5, 5.41) is 11.1. The summed E-state index contributed by atoms with van der Waals surface area (Å²) in [5.41, 5.74) is 3.82. The van der Waals surface area contributed by atoms with Gasteiger partial charge in [0.05, 0.1) is 12.1 Å². The molecule has 0 bridgehead atoms. The van der Waals surface area contributed by atoms with Gasteiger partial charge in [-0.2, -0.15) is 0 Å². The molecule has 1 aliphatic heterocycles. The van der Waals surface area contributed by atoms with Gasteiger partial charge in [0.15, 0.2) is 5.78 Å². The molecule has 3 atom stereocenters. The first-order chi connectivity index (χ1) is 15.6. The number of aliphatic hydroxyl groups is 1. The van der Waals surface area contributed by atoms with Crippen LogP contribution in [0.2, 0.25) is 0 Å². The molecule has 0 spiro atoms. The molecule has 3 nitrogen and oxygen atoms in total. The fourth-order valence-electron chi connectivity index (χ4n) is 5.69. The van der Waals surface area contributed by atoms with Gasteiger partial charge in [-0.25, -0.2) is 0 Å². The fourth-order valence-corrected chi connectivity index (χ4v) is 5.69. The quantitative estimate of drug-likeness (QED) is 0.526. The first kappa shape index (κ1) is 21.1. The van der Waals surface area contributed by atoms with Crippen LogP contribution >= 0.6 is 0 Å². The topological polar surface area (TPSA) is 40.5 Å². The number of likely N-dealkylation sites (tertiary alicyclic amines) is 1. The molecule has 3 aromatic rings. The second kappa shape index (κ2) is 9.01. The van der Waals surface area contributed by atoms with Crippen LogP contribution in [0, 0.1) is 11.8 Å². The SMILES string of the molecule is O=C(CN1C[C@@H]2C[C@@](O)(CCc3ccccc3)C[C@@H]2C1)c1ccc(-c2ccccc2)cc1. The van der Waals surface area contributed by atoms with Gasteiger partial charge in [-0.15, -0.1) is 0 Å². The number of aryl methyl sites for hydroxylation is 1. The smallest absolute Gasteiger partial charge is 0.176 e. The Morgan fingerprint density at radius 3 is 2.00 bits per heavy atom. The molecule has 32 heavy (non-hydrogen) atoms. The maximum atomic E-state index is 12.9. The third-order valence-electron chi connectivity index (χ3n) is 7.34. The summed E-state index contributed by atoms with van der Waals surface area (Å²) >= 11 is 0. The molecule has 1 saturated heterocycles. The Hall–Kier alpha value is -2.75. The van der Waals surface area contributed by atoms with E-state index in [1.54, 1.807) is 0 Å². The number of carbonyl (C=O) groups excluding carboxylic acids is 1. The van der Waals surface area contributed by atoms with Crippen LogP contribution in [0.5, 0.6) is 0 Å². The van der Waals surface area contributed by atoms with Crippen LogP contribution in [0.1, 0.15) is 35.2 Å². The van der Waals surface area contributed by atoms with E-state index < -0.39 is 5.60 Å². The molecule has 1 N–H and O–H groups in total. The molecule has 1 saturated carbocycles. The summed E-state index contributed by atoms with van der Waals surface area (Å²) < 4.78 is 0. The Kier molecular flexibility index (Phi) is 5.95. The molecule has 0 radical (unpaired) electrons. The third-order valence-corrected chi connectivity index (χ3v) is 7.34. The van der Waals surface area contributed by atoms with Crippen molar-refractivity contribution in [3.05, 3.63) is 96.1 Å². The van der Waals surface area contributed by atoms with Crippen molar-refractivity contribution in [2.24, 2.45) is 11.8 Å². The normalized spacial score (nSPS) is 25.0. The lowest BCUT2D eigenvalue weighted by atomic mass is 9.91. The van der Waals surface area contributed by atoms with Gasteiger partial charge in [0.2, 0.25) is 0 Å². The number of benzene rings is 3. The van der Waals surface area contributed by atoms with E-state index in [0.29, 0.717) is 18.4 Å². The molecule has 3 heteroatoms. The van der Waals surface area contributed by atoms with Crippen molar-refractivity contribution in [3.63, 3.8) is 0 Å². The predicted molar refractivity (Wildman–Crippen MR) is 129 cm³/mol. The summed E-state index contributed by atoms with van der Waals surface area (Å²) in [6, 6.07) is 28.6. The Morgan fingerprint density at radius 1 is 0.812 bits per heavy atom. The van der Waals surface area contributed by atoms with Gasteiger partial charge < -0.3 is 5.11 Å². The zero-order chi connectivity index (χ0) is 22.0. The van der Waals surface area contributed by atoms with E-state index in [0.717, 1.165) is 49.9 Å². The molecule has 3 aromatic carbocycles. The van der Waals surface area contributed by atoms with Crippen LogP contribution < -0.4 is 0 Å². The standard InChI is InChI=1S/C29H31NO2/c31-28(25-13-11-24(12-14-25)23-9-5-2-6-10-23)21-30-19-26-17-29(32,18-27(26)20-30)16-15-22-7-3-1-4-8-22/h1-14,26-27,32H,15-21H2/t26-,27+,29-. The van der Waals surface area contributed by atoms with Crippen LogP contribution in [-0.2, 0) is 6.42 Å². The fraction of sp³-hybridized carbons (Fsp3) is 0.345. The number of nitrogens with zero attached hydrogens (tertiary/aromatic N) is 1. The zero-order valence-electron chi connectivity index (χ0n) is 18.5. The van der Waals surface area contributed by atoms with Crippen LogP contribution in [0.3, 0.4) is 0 Å². The maximum Gasteiger partial charge on any atom is 0.176 e. The van der Waals surface area contributed by atoms with Gasteiger partial charge in [-0.1, -0.05) is 84.9 Å². The van der Waals surface area contributed by atoms with Gasteiger partial charge in [0.25, 0.3) is 0 Å². The average Bonchev–Trinajstić information content (AvgIpc) is 3.33. The van der Waals surface area contributed by atoms with E-state index in [9.17, 15) is 9.90 Å². The third kappa shape index (κ3) is 4.69. The summed E-state index contributed by atoms with van der Waals surface area (Å²) in [6.07, 6.45) is 3.48. The van der Waals surface area contributed by atoms with Crippen molar-refractivity contribution < 1.29 is 9.90 Å². The second-order valence-corrected chi connectivity index (χ2v) is 9.70. The van der Waals surface area contributed by atoms with Crippen LogP contribution in [-0.4, -0.2) is 41.0 Å². The maximum absolute atomic E-state index is 12.9. The molecule has 1 aliphatic carbocycles. The van der Waals surface area contributed by atoms with E-state index in [2.05, 4.69) is 41.3 Å². The molecule has 2 fully saturated rings. The van der Waals surface area contributed by atoms with Gasteiger partial charge in [0, 0.05) is 18.7 Å². The van der Waals surface area contributed by atoms with Crippen molar-refractivity contribution in [1.29, 1.82) is 0 Å². The van der Waals surface area contributed by atoms with E-state index >= 15 is 0 Å². The summed E-state index contributed by atoms with van der Waals surface area (Å²) in [5.74, 6) is 1.19. The molecule has 2 aliphatic rings. The molecule has 0 amide bonds. The van der Waals surface area contributed by atoms with Crippen LogP contribution in [0.15, 0.2) is 84.9 Å². The molecular formula is C29H31NO2. The molecule has 0 aromatic heterocycles. The number of rotatable bonds is 7. The summed E-state index contributed by atoms with van der Waals surface area (Å²) in [6.45, 7) is 2.32. The van der Waals surface area contributed by atoms with Crippen molar-refractivity contribution >= 4 is 5.78 Å². The highest BCUT2D eigenvalue weighted by Crippen LogP contribution is 2.45. The predicted octanol–water partition coefficient (Wildman–Crippen LogP) is 5.24. The molecule has 5 rings (SSSR count). The molecule has 0 unspecified atom stereocenters. The molecule has 164 valence electrons. The summed E-state index contributed by atoms with van der Waals surface area (Å²) in [4.78, 5) is 15.2. The Morgan fingerprint density at radius 2 is 1.38 bits per heavy atom. The van der Waals surface area contributed by atoms with Crippen molar-refractivity contribution in [2.75, 3.05) is 19.6 Å². The number of carbonyl (C=O) groups is 1. The largest absolute Gasteiger partial charge is 0.390 e. The van der Waals surface area contributed by atoms with E-state index in [1.807, 2.05) is 48.5 Å². The minimum absolute atomic E-state index is 0.184. The number of Topliss-reactive ketones (excluding diaryl/α,β-unsaturated/α-hetero) is 1. The lowest BCUT2D eigenvalue weighted by Gasteiger charge is -2.26. The monoisotopic (exact) mass is 425 g/mol. The van der Waals surface area contributed by atoms with Crippen LogP contribution in [0.25, 0.3) is 11.1 Å². The highest BCUT2D eigenvalue weighted by atomic mass is 16.3. The minimum atomic E-state index is -0.547. The Bertz CT molecular complexity index is 1030. The first-order valence-electron chi connectivity index (χ1n) is 11.8. The van der Waals surface area contributed by atoms with Crippen molar-refractivity contribution in [3.8, 4) is 11.1 Å². The second-order valence-electron chi connectivity index (χ2n) is 9.70. The molecular weight excluding hydrogens is 394 g/mol. The number of hydrogen-bond acceptors (Lipinski definition) is 3. The van der Waals surface area contributed by atoms with Crippen molar-refractivity contribution in [2.45, 2.75) is 31.3 Å². The highest BCUT2D eigenvalue weighted by Gasteiger charge is 2.47. The summed E-state index contributed by atoms with van der Waals surface area (Å²) in [7, 11) is 0. The van der Waals surface area contributed by atoms with E-state index in [1.165, 1.54) is 11.1 Å². The van der Waals surface area contributed by atoms with Gasteiger partial charge >= 0.3 is 0 Å². The van der Waals surface area contributed by atoms with E-state index in [4.69, 9.17) is 0 Å². The number of hydrogen-bond donors (Lipinski definition) is 1. The first-order valence-corrected chi connectivity index (χ1v) is 11.8. The number of fused-ring (bicyclic) bond motifs is 1. The highest BCUT2D eigenvalue weighted by molar-refractivity contribution is 5.98. The lowest BCUT2D eigenvalue weighted by Crippen LogP contribution is -2.33. The van der Waals surface area contributed by atoms with Gasteiger partial charge in [-0.3, -0.25) is 9.69 Å². The minimum Gasteiger partial charge on any atom is -0.390 e. The Labute approximate surface area is 190 Å². The van der Waals surface area contributed by atoms with Crippen LogP contribution in [0.4, 0.5) is 0 Å². The zero-order valence-corrected chi connectivity index (χ0v) is 18.5. The Balaban J connectivity index is 1.13.